The molecule has 3 aromatic rings. The van der Waals surface area contributed by atoms with Crippen LogP contribution in [0.25, 0.3) is 0 Å². The molecule has 0 heterocycles. The summed E-state index contributed by atoms with van der Waals surface area (Å²) in [7, 11) is 0. The Kier molecular flexibility index (Phi) is 5.59. The van der Waals surface area contributed by atoms with Crippen molar-refractivity contribution in [2.24, 2.45) is 0 Å². The molecule has 1 amide bonds. The number of carbonyl (C=O) groups excluding carboxylic acids is 1. The topological polar surface area (TPSA) is 38.3 Å². The van der Waals surface area contributed by atoms with Crippen LogP contribution in [0.2, 0.25) is 5.02 Å². The third-order valence-corrected chi connectivity index (χ3v) is 4.57. The molecule has 0 bridgehead atoms. The number of ether oxygens (including phenoxy) is 1. The maximum atomic E-state index is 12.4. The van der Waals surface area contributed by atoms with Crippen molar-refractivity contribution in [2.45, 2.75) is 20.5 Å². The van der Waals surface area contributed by atoms with Crippen LogP contribution >= 0.6 is 11.6 Å². The summed E-state index contributed by atoms with van der Waals surface area (Å²) in [5.74, 6) is 0.662. The molecule has 0 atom stereocenters. The number of carbonyl (C=O) groups is 1. The Morgan fingerprint density at radius 2 is 1.65 bits per heavy atom. The van der Waals surface area contributed by atoms with Crippen LogP contribution in [0.5, 0.6) is 5.75 Å². The standard InChI is InChI=1S/C22H20ClNO2/c1-15-6-12-19(13-7-15)26-14-17-8-10-18(11-9-17)22(25)24-21-5-3-4-20(23)16(21)2/h3-13H,14H2,1-2H3,(H,24,25). The molecule has 3 aromatic carbocycles. The largest absolute Gasteiger partial charge is 0.489 e. The monoisotopic (exact) mass is 365 g/mol. The zero-order valence-electron chi connectivity index (χ0n) is 14.8. The highest BCUT2D eigenvalue weighted by molar-refractivity contribution is 6.31. The van der Waals surface area contributed by atoms with Crippen LogP contribution in [0.4, 0.5) is 5.69 Å². The van der Waals surface area contributed by atoms with Crippen LogP contribution < -0.4 is 10.1 Å². The van der Waals surface area contributed by atoms with E-state index < -0.39 is 0 Å². The molecule has 0 fully saturated rings. The molecule has 3 rings (SSSR count). The number of nitrogens with one attached hydrogen (secondary N) is 1. The summed E-state index contributed by atoms with van der Waals surface area (Å²) in [4.78, 5) is 12.4. The summed E-state index contributed by atoms with van der Waals surface area (Å²) in [6, 6.07) is 20.8. The minimum absolute atomic E-state index is 0.165. The van der Waals surface area contributed by atoms with Crippen LogP contribution in [0.15, 0.2) is 66.7 Å². The molecule has 26 heavy (non-hydrogen) atoms. The Morgan fingerprint density at radius 1 is 0.962 bits per heavy atom. The van der Waals surface area contributed by atoms with E-state index in [9.17, 15) is 4.79 Å². The molecule has 3 nitrogen and oxygen atoms in total. The van der Waals surface area contributed by atoms with Gasteiger partial charge in [0.15, 0.2) is 0 Å². The summed E-state index contributed by atoms with van der Waals surface area (Å²) >= 11 is 6.09. The van der Waals surface area contributed by atoms with Gasteiger partial charge in [0.2, 0.25) is 0 Å². The second-order valence-electron chi connectivity index (χ2n) is 6.17. The highest BCUT2D eigenvalue weighted by Gasteiger charge is 2.09. The number of anilines is 1. The second kappa shape index (κ2) is 8.07. The first-order valence-corrected chi connectivity index (χ1v) is 8.75. The molecular weight excluding hydrogens is 346 g/mol. The number of hydrogen-bond donors (Lipinski definition) is 1. The van der Waals surface area contributed by atoms with Gasteiger partial charge < -0.3 is 10.1 Å². The number of halogens is 1. The van der Waals surface area contributed by atoms with E-state index in [1.54, 1.807) is 18.2 Å². The first kappa shape index (κ1) is 18.0. The highest BCUT2D eigenvalue weighted by Crippen LogP contribution is 2.23. The molecule has 0 spiro atoms. The molecule has 0 radical (unpaired) electrons. The Balaban J connectivity index is 1.62. The fraction of sp³-hybridized carbons (Fsp3) is 0.136. The van der Waals surface area contributed by atoms with Gasteiger partial charge in [0.1, 0.15) is 12.4 Å². The molecule has 0 unspecified atom stereocenters. The van der Waals surface area contributed by atoms with Crippen LogP contribution in [0.1, 0.15) is 27.0 Å². The lowest BCUT2D eigenvalue weighted by atomic mass is 10.1. The summed E-state index contributed by atoms with van der Waals surface area (Å²) in [5, 5.41) is 3.53. The van der Waals surface area contributed by atoms with Gasteiger partial charge in [-0.15, -0.1) is 0 Å². The fourth-order valence-electron chi connectivity index (χ4n) is 2.49. The smallest absolute Gasteiger partial charge is 0.255 e. The van der Waals surface area contributed by atoms with Crippen molar-refractivity contribution in [3.8, 4) is 5.75 Å². The Bertz CT molecular complexity index is 902. The van der Waals surface area contributed by atoms with Crippen molar-refractivity contribution < 1.29 is 9.53 Å². The van der Waals surface area contributed by atoms with E-state index >= 15 is 0 Å². The van der Waals surface area contributed by atoms with Gasteiger partial charge in [0, 0.05) is 16.3 Å². The van der Waals surface area contributed by atoms with Crippen molar-refractivity contribution in [3.63, 3.8) is 0 Å². The van der Waals surface area contributed by atoms with Gasteiger partial charge in [0.05, 0.1) is 0 Å². The van der Waals surface area contributed by atoms with E-state index in [1.807, 2.05) is 62.4 Å². The SMILES string of the molecule is Cc1ccc(OCc2ccc(C(=O)Nc3cccc(Cl)c3C)cc2)cc1. The van der Waals surface area contributed by atoms with Crippen molar-refractivity contribution in [1.29, 1.82) is 0 Å². The fourth-order valence-corrected chi connectivity index (χ4v) is 2.67. The summed E-state index contributed by atoms with van der Waals surface area (Å²) in [6.07, 6.45) is 0. The third-order valence-electron chi connectivity index (χ3n) is 4.16. The quantitative estimate of drug-likeness (QED) is 0.621. The normalized spacial score (nSPS) is 10.4. The van der Waals surface area contributed by atoms with Crippen LogP contribution in [-0.2, 0) is 6.61 Å². The van der Waals surface area contributed by atoms with Gasteiger partial charge >= 0.3 is 0 Å². The van der Waals surface area contributed by atoms with E-state index in [0.717, 1.165) is 16.9 Å². The van der Waals surface area contributed by atoms with Crippen molar-refractivity contribution in [3.05, 3.63) is 94.0 Å². The van der Waals surface area contributed by atoms with Gasteiger partial charge in [0.25, 0.3) is 5.91 Å². The first-order valence-electron chi connectivity index (χ1n) is 8.38. The third kappa shape index (κ3) is 4.44. The lowest BCUT2D eigenvalue weighted by molar-refractivity contribution is 0.102. The minimum atomic E-state index is -0.165. The van der Waals surface area contributed by atoms with E-state index in [2.05, 4.69) is 5.32 Å². The van der Waals surface area contributed by atoms with E-state index in [1.165, 1.54) is 5.56 Å². The Labute approximate surface area is 158 Å². The van der Waals surface area contributed by atoms with Gasteiger partial charge in [-0.3, -0.25) is 4.79 Å². The molecule has 0 saturated carbocycles. The Morgan fingerprint density at radius 3 is 2.35 bits per heavy atom. The maximum absolute atomic E-state index is 12.4. The minimum Gasteiger partial charge on any atom is -0.489 e. The molecule has 0 aliphatic carbocycles. The van der Waals surface area contributed by atoms with E-state index in [4.69, 9.17) is 16.3 Å². The van der Waals surface area contributed by atoms with Gasteiger partial charge in [-0.05, 0) is 61.4 Å². The average molecular weight is 366 g/mol. The zero-order valence-corrected chi connectivity index (χ0v) is 15.5. The van der Waals surface area contributed by atoms with Crippen LogP contribution in [0, 0.1) is 13.8 Å². The average Bonchev–Trinajstić information content (AvgIpc) is 2.65. The summed E-state index contributed by atoms with van der Waals surface area (Å²) in [5.41, 5.74) is 4.35. The number of aryl methyl sites for hydroxylation is 1. The maximum Gasteiger partial charge on any atom is 0.255 e. The predicted octanol–water partition coefficient (Wildman–Crippen LogP) is 5.79. The molecule has 0 aliphatic rings. The van der Waals surface area contributed by atoms with Crippen molar-refractivity contribution in [1.82, 2.24) is 0 Å². The lowest BCUT2D eigenvalue weighted by Crippen LogP contribution is -2.13. The van der Waals surface area contributed by atoms with Crippen molar-refractivity contribution >= 4 is 23.2 Å². The van der Waals surface area contributed by atoms with Crippen molar-refractivity contribution in [2.75, 3.05) is 5.32 Å². The lowest BCUT2D eigenvalue weighted by Gasteiger charge is -2.10. The molecule has 0 aliphatic heterocycles. The van der Waals surface area contributed by atoms with Gasteiger partial charge in [-0.2, -0.15) is 0 Å². The highest BCUT2D eigenvalue weighted by atomic mass is 35.5. The van der Waals surface area contributed by atoms with E-state index in [-0.39, 0.29) is 5.91 Å². The van der Waals surface area contributed by atoms with Crippen LogP contribution in [-0.4, -0.2) is 5.91 Å². The molecule has 132 valence electrons. The van der Waals surface area contributed by atoms with Crippen LogP contribution in [0.3, 0.4) is 0 Å². The predicted molar refractivity (Wildman–Crippen MR) is 106 cm³/mol. The molecule has 0 saturated heterocycles. The number of amides is 1. The van der Waals surface area contributed by atoms with Gasteiger partial charge in [-0.25, -0.2) is 0 Å². The number of rotatable bonds is 5. The molecule has 0 aromatic heterocycles. The van der Waals surface area contributed by atoms with Gasteiger partial charge in [-0.1, -0.05) is 47.5 Å². The molecular formula is C22H20ClNO2. The molecule has 4 heteroatoms. The molecule has 1 N–H and O–H groups in total. The first-order chi connectivity index (χ1) is 12.5. The Hall–Kier alpha value is -2.78. The number of hydrogen-bond acceptors (Lipinski definition) is 2. The summed E-state index contributed by atoms with van der Waals surface area (Å²) in [6.45, 7) is 4.38. The zero-order chi connectivity index (χ0) is 18.5. The van der Waals surface area contributed by atoms with E-state index in [0.29, 0.717) is 22.9 Å². The summed E-state index contributed by atoms with van der Waals surface area (Å²) < 4.78 is 5.76. The number of benzene rings is 3. The second-order valence-corrected chi connectivity index (χ2v) is 6.57.